The molecular formula is C20H25NO6. The lowest BCUT2D eigenvalue weighted by atomic mass is 9.83. The number of carbonyl (C=O) groups is 1. The minimum atomic E-state index is -0.680. The Kier molecular flexibility index (Phi) is 5.70. The standard InChI is InChI=1S/C20H25NO6/c1-2-21-9-15(19(25)14-7-17(23)18(24)8-16(14)21)20(26)27-11-13-5-3-12(10-22)4-6-13/h7-9,12-13,22-24H,2-6,10-11H2,1H3/t12-,13-. The Labute approximate surface area is 156 Å². The molecule has 1 aromatic carbocycles. The van der Waals surface area contributed by atoms with Crippen LogP contribution in [0, 0.1) is 11.8 Å². The molecule has 7 heteroatoms. The third kappa shape index (κ3) is 3.93. The van der Waals surface area contributed by atoms with Crippen molar-refractivity contribution in [1.82, 2.24) is 4.57 Å². The number of aliphatic hydroxyl groups is 1. The highest BCUT2D eigenvalue weighted by atomic mass is 16.5. The van der Waals surface area contributed by atoms with Gasteiger partial charge in [0.2, 0.25) is 5.43 Å². The van der Waals surface area contributed by atoms with Gasteiger partial charge in [-0.05, 0) is 50.5 Å². The normalized spacial score (nSPS) is 19.9. The van der Waals surface area contributed by atoms with Crippen LogP contribution in [-0.2, 0) is 11.3 Å². The van der Waals surface area contributed by atoms with Gasteiger partial charge in [0, 0.05) is 25.4 Å². The Morgan fingerprint density at radius 2 is 1.78 bits per heavy atom. The molecule has 0 amide bonds. The number of ether oxygens (including phenoxy) is 1. The quantitative estimate of drug-likeness (QED) is 0.547. The molecule has 146 valence electrons. The lowest BCUT2D eigenvalue weighted by molar-refractivity contribution is 0.0377. The van der Waals surface area contributed by atoms with Crippen molar-refractivity contribution in [1.29, 1.82) is 0 Å². The molecule has 1 heterocycles. The summed E-state index contributed by atoms with van der Waals surface area (Å²) in [6, 6.07) is 2.48. The number of phenols is 2. The molecule has 0 saturated heterocycles. The highest BCUT2D eigenvalue weighted by molar-refractivity contribution is 5.94. The molecule has 0 radical (unpaired) electrons. The number of carbonyl (C=O) groups excluding carboxylic acids is 1. The van der Waals surface area contributed by atoms with Crippen molar-refractivity contribution in [3.8, 4) is 11.5 Å². The minimum Gasteiger partial charge on any atom is -0.504 e. The van der Waals surface area contributed by atoms with Crippen LogP contribution < -0.4 is 5.43 Å². The van der Waals surface area contributed by atoms with Crippen molar-refractivity contribution >= 4 is 16.9 Å². The summed E-state index contributed by atoms with van der Waals surface area (Å²) in [5, 5.41) is 28.8. The van der Waals surface area contributed by atoms with Gasteiger partial charge in [0.15, 0.2) is 11.5 Å². The van der Waals surface area contributed by atoms with E-state index >= 15 is 0 Å². The van der Waals surface area contributed by atoms with E-state index in [1.165, 1.54) is 18.3 Å². The Morgan fingerprint density at radius 1 is 1.15 bits per heavy atom. The molecule has 7 nitrogen and oxygen atoms in total. The van der Waals surface area contributed by atoms with Crippen molar-refractivity contribution in [3.63, 3.8) is 0 Å². The predicted molar refractivity (Wildman–Crippen MR) is 100 cm³/mol. The van der Waals surface area contributed by atoms with Crippen LogP contribution in [0.2, 0.25) is 0 Å². The number of benzene rings is 1. The van der Waals surface area contributed by atoms with E-state index in [0.717, 1.165) is 25.7 Å². The van der Waals surface area contributed by atoms with E-state index in [2.05, 4.69) is 0 Å². The molecule has 1 aliphatic carbocycles. The number of aliphatic hydroxyl groups excluding tert-OH is 1. The number of aromatic nitrogens is 1. The Bertz CT molecular complexity index is 895. The summed E-state index contributed by atoms with van der Waals surface area (Å²) in [5.74, 6) is -0.836. The fraction of sp³-hybridized carbons (Fsp3) is 0.500. The van der Waals surface area contributed by atoms with E-state index in [9.17, 15) is 24.9 Å². The molecule has 3 rings (SSSR count). The first kappa shape index (κ1) is 19.2. The highest BCUT2D eigenvalue weighted by Crippen LogP contribution is 2.30. The number of esters is 1. The number of nitrogens with zero attached hydrogens (tertiary/aromatic N) is 1. The second-order valence-electron chi connectivity index (χ2n) is 7.18. The van der Waals surface area contributed by atoms with Gasteiger partial charge in [0.25, 0.3) is 0 Å². The number of aryl methyl sites for hydroxylation is 1. The van der Waals surface area contributed by atoms with Crippen LogP contribution in [0.4, 0.5) is 0 Å². The molecule has 1 aliphatic rings. The first-order valence-corrected chi connectivity index (χ1v) is 9.31. The number of fused-ring (bicyclic) bond motifs is 1. The fourth-order valence-electron chi connectivity index (χ4n) is 3.67. The summed E-state index contributed by atoms with van der Waals surface area (Å²) in [6.07, 6.45) is 5.05. The first-order chi connectivity index (χ1) is 12.9. The van der Waals surface area contributed by atoms with Gasteiger partial charge in [-0.2, -0.15) is 0 Å². The third-order valence-electron chi connectivity index (χ3n) is 5.41. The Hall–Kier alpha value is -2.54. The summed E-state index contributed by atoms with van der Waals surface area (Å²) in [4.78, 5) is 25.2. The molecule has 27 heavy (non-hydrogen) atoms. The van der Waals surface area contributed by atoms with Crippen molar-refractivity contribution in [2.45, 2.75) is 39.2 Å². The van der Waals surface area contributed by atoms with E-state index < -0.39 is 17.1 Å². The fourth-order valence-corrected chi connectivity index (χ4v) is 3.67. The lowest BCUT2D eigenvalue weighted by Gasteiger charge is -2.26. The number of hydrogen-bond donors (Lipinski definition) is 3. The van der Waals surface area contributed by atoms with Crippen LogP contribution >= 0.6 is 0 Å². The lowest BCUT2D eigenvalue weighted by Crippen LogP contribution is -2.25. The largest absolute Gasteiger partial charge is 0.504 e. The zero-order chi connectivity index (χ0) is 19.6. The molecule has 0 spiro atoms. The van der Waals surface area contributed by atoms with Crippen LogP contribution in [0.5, 0.6) is 11.5 Å². The van der Waals surface area contributed by atoms with Gasteiger partial charge in [0.05, 0.1) is 17.5 Å². The molecule has 1 fully saturated rings. The number of rotatable bonds is 5. The number of phenolic OH excluding ortho intramolecular Hbond substituents is 2. The molecular weight excluding hydrogens is 350 g/mol. The monoisotopic (exact) mass is 375 g/mol. The number of aromatic hydroxyl groups is 2. The Morgan fingerprint density at radius 3 is 2.41 bits per heavy atom. The van der Waals surface area contributed by atoms with Gasteiger partial charge in [-0.3, -0.25) is 4.79 Å². The van der Waals surface area contributed by atoms with Crippen LogP contribution in [-0.4, -0.2) is 39.1 Å². The molecule has 1 saturated carbocycles. The van der Waals surface area contributed by atoms with E-state index in [1.807, 2.05) is 6.92 Å². The van der Waals surface area contributed by atoms with Gasteiger partial charge in [-0.25, -0.2) is 4.79 Å². The van der Waals surface area contributed by atoms with Crippen molar-refractivity contribution < 1.29 is 24.9 Å². The van der Waals surface area contributed by atoms with E-state index in [0.29, 0.717) is 18.0 Å². The summed E-state index contributed by atoms with van der Waals surface area (Å²) in [7, 11) is 0. The van der Waals surface area contributed by atoms with Gasteiger partial charge in [0.1, 0.15) is 5.56 Å². The first-order valence-electron chi connectivity index (χ1n) is 9.31. The summed E-state index contributed by atoms with van der Waals surface area (Å²) >= 11 is 0. The molecule has 0 bridgehead atoms. The molecule has 0 aliphatic heterocycles. The molecule has 3 N–H and O–H groups in total. The molecule has 0 atom stereocenters. The van der Waals surface area contributed by atoms with Crippen LogP contribution in [0.25, 0.3) is 10.9 Å². The average molecular weight is 375 g/mol. The predicted octanol–water partition coefficient (Wildman–Crippen LogP) is 2.39. The SMILES string of the molecule is CCn1cc(C(=O)OC[C@H]2CC[C@H](CO)CC2)c(=O)c2cc(O)c(O)cc21. The summed E-state index contributed by atoms with van der Waals surface area (Å²) < 4.78 is 7.06. The highest BCUT2D eigenvalue weighted by Gasteiger charge is 2.23. The molecule has 1 aromatic heterocycles. The number of hydrogen-bond acceptors (Lipinski definition) is 6. The van der Waals surface area contributed by atoms with Gasteiger partial charge < -0.3 is 24.6 Å². The third-order valence-corrected chi connectivity index (χ3v) is 5.41. The Balaban J connectivity index is 1.81. The van der Waals surface area contributed by atoms with Gasteiger partial charge in [-0.1, -0.05) is 0 Å². The summed E-state index contributed by atoms with van der Waals surface area (Å²) in [5.41, 5.74) is -0.172. The maximum atomic E-state index is 12.7. The molecule has 2 aromatic rings. The van der Waals surface area contributed by atoms with Gasteiger partial charge in [-0.15, -0.1) is 0 Å². The van der Waals surface area contributed by atoms with E-state index in [4.69, 9.17) is 4.74 Å². The average Bonchev–Trinajstić information content (AvgIpc) is 2.68. The van der Waals surface area contributed by atoms with E-state index in [1.54, 1.807) is 4.57 Å². The zero-order valence-electron chi connectivity index (χ0n) is 15.4. The summed E-state index contributed by atoms with van der Waals surface area (Å²) in [6.45, 7) is 2.78. The van der Waals surface area contributed by atoms with Crippen molar-refractivity contribution in [2.24, 2.45) is 11.8 Å². The number of pyridine rings is 1. The van der Waals surface area contributed by atoms with Crippen molar-refractivity contribution in [2.75, 3.05) is 13.2 Å². The van der Waals surface area contributed by atoms with E-state index in [-0.39, 0.29) is 35.8 Å². The smallest absolute Gasteiger partial charge is 0.343 e. The topological polar surface area (TPSA) is 109 Å². The molecule has 0 unspecified atom stereocenters. The van der Waals surface area contributed by atoms with Crippen LogP contribution in [0.3, 0.4) is 0 Å². The van der Waals surface area contributed by atoms with Gasteiger partial charge >= 0.3 is 5.97 Å². The zero-order valence-corrected chi connectivity index (χ0v) is 15.4. The minimum absolute atomic E-state index is 0.0847. The second kappa shape index (κ2) is 8.00. The van der Waals surface area contributed by atoms with Crippen LogP contribution in [0.1, 0.15) is 43.0 Å². The van der Waals surface area contributed by atoms with Crippen LogP contribution in [0.15, 0.2) is 23.1 Å². The van der Waals surface area contributed by atoms with Crippen molar-refractivity contribution in [3.05, 3.63) is 34.1 Å². The second-order valence-corrected chi connectivity index (χ2v) is 7.18. The maximum absolute atomic E-state index is 12.7. The maximum Gasteiger partial charge on any atom is 0.343 e.